The maximum absolute atomic E-state index is 12.5. The molecule has 0 fully saturated rings. The van der Waals surface area contributed by atoms with Crippen molar-refractivity contribution in [1.82, 2.24) is 4.98 Å². The van der Waals surface area contributed by atoms with Gasteiger partial charge in [0.2, 0.25) is 11.7 Å². The Kier molecular flexibility index (Phi) is 5.58. The third-order valence-electron chi connectivity index (χ3n) is 4.52. The number of amides is 1. The number of anilines is 1. The fourth-order valence-electron chi connectivity index (χ4n) is 3.14. The van der Waals surface area contributed by atoms with Gasteiger partial charge < -0.3 is 23.9 Å². The van der Waals surface area contributed by atoms with Crippen molar-refractivity contribution in [3.63, 3.8) is 0 Å². The fraction of sp³-hybridized carbons (Fsp3) is 0.182. The minimum Gasteiger partial charge on any atom is -0.493 e. The Morgan fingerprint density at radius 2 is 1.80 bits per heavy atom. The number of para-hydroxylation sites is 1. The van der Waals surface area contributed by atoms with Gasteiger partial charge in [-0.1, -0.05) is 18.2 Å². The summed E-state index contributed by atoms with van der Waals surface area (Å²) < 4.78 is 21.8. The Morgan fingerprint density at radius 3 is 2.47 bits per heavy atom. The van der Waals surface area contributed by atoms with Gasteiger partial charge in [0, 0.05) is 10.8 Å². The van der Waals surface area contributed by atoms with E-state index in [1.165, 1.54) is 32.7 Å². The lowest BCUT2D eigenvalue weighted by molar-refractivity contribution is -0.115. The highest BCUT2D eigenvalue weighted by Crippen LogP contribution is 2.38. The van der Waals surface area contributed by atoms with Crippen molar-refractivity contribution < 1.29 is 23.4 Å². The smallest absolute Gasteiger partial charge is 0.230 e. The van der Waals surface area contributed by atoms with Crippen LogP contribution >= 0.6 is 11.3 Å². The molecule has 154 valence electrons. The van der Waals surface area contributed by atoms with Gasteiger partial charge in [-0.05, 0) is 29.8 Å². The summed E-state index contributed by atoms with van der Waals surface area (Å²) in [7, 11) is 4.61. The van der Waals surface area contributed by atoms with Gasteiger partial charge in [0.15, 0.2) is 22.4 Å². The first-order valence-electron chi connectivity index (χ1n) is 9.14. The van der Waals surface area contributed by atoms with Gasteiger partial charge in [-0.2, -0.15) is 0 Å². The molecule has 2 heterocycles. The highest BCUT2D eigenvalue weighted by atomic mass is 32.1. The van der Waals surface area contributed by atoms with Crippen LogP contribution in [0.15, 0.2) is 52.3 Å². The molecule has 0 saturated heterocycles. The monoisotopic (exact) mass is 424 g/mol. The third-order valence-corrected chi connectivity index (χ3v) is 5.28. The predicted molar refractivity (Wildman–Crippen MR) is 116 cm³/mol. The summed E-state index contributed by atoms with van der Waals surface area (Å²) in [5.74, 6) is 1.95. The largest absolute Gasteiger partial charge is 0.493 e. The normalized spacial score (nSPS) is 10.8. The van der Waals surface area contributed by atoms with E-state index >= 15 is 0 Å². The van der Waals surface area contributed by atoms with Gasteiger partial charge in [0.05, 0.1) is 27.8 Å². The van der Waals surface area contributed by atoms with Crippen LogP contribution in [0.25, 0.3) is 22.4 Å². The van der Waals surface area contributed by atoms with Crippen LogP contribution in [-0.2, 0) is 11.2 Å². The number of ether oxygens (including phenoxy) is 3. The molecule has 8 heteroatoms. The highest BCUT2D eigenvalue weighted by Gasteiger charge is 2.16. The molecule has 4 rings (SSSR count). The standard InChI is InChI=1S/C22H20N2O5S/c1-26-18-8-13(9-19(27-2)21(18)28-3)10-20(25)24-22-23-15(12-30-22)17-11-14-6-4-5-7-16(14)29-17/h4-9,11-12H,10H2,1-3H3,(H,23,24,25). The number of benzene rings is 2. The SMILES string of the molecule is COc1cc(CC(=O)Nc2nc(-c3cc4ccccc4o3)cs2)cc(OC)c1OC. The Labute approximate surface area is 177 Å². The van der Waals surface area contributed by atoms with Crippen LogP contribution in [0.1, 0.15) is 5.56 Å². The van der Waals surface area contributed by atoms with Crippen molar-refractivity contribution in [3.8, 4) is 28.7 Å². The molecule has 30 heavy (non-hydrogen) atoms. The number of carbonyl (C=O) groups excluding carboxylic acids is 1. The molecule has 0 unspecified atom stereocenters. The van der Waals surface area contributed by atoms with Crippen LogP contribution in [0.5, 0.6) is 17.2 Å². The number of fused-ring (bicyclic) bond motifs is 1. The molecular formula is C22H20N2O5S. The average molecular weight is 424 g/mol. The molecule has 0 spiro atoms. The van der Waals surface area contributed by atoms with Crippen LogP contribution < -0.4 is 19.5 Å². The van der Waals surface area contributed by atoms with Gasteiger partial charge in [0.25, 0.3) is 0 Å². The summed E-state index contributed by atoms with van der Waals surface area (Å²) in [6, 6.07) is 13.2. The number of aromatic nitrogens is 1. The fourth-order valence-corrected chi connectivity index (χ4v) is 3.85. The summed E-state index contributed by atoms with van der Waals surface area (Å²) in [4.78, 5) is 17.0. The molecule has 2 aromatic carbocycles. The molecule has 0 aliphatic rings. The number of rotatable bonds is 7. The third kappa shape index (κ3) is 3.95. The molecule has 2 aromatic heterocycles. The number of nitrogens with one attached hydrogen (secondary N) is 1. The number of carbonyl (C=O) groups is 1. The molecule has 0 radical (unpaired) electrons. The zero-order chi connectivity index (χ0) is 21.1. The number of nitrogens with zero attached hydrogens (tertiary/aromatic N) is 1. The topological polar surface area (TPSA) is 82.8 Å². The molecule has 4 aromatic rings. The Morgan fingerprint density at radius 1 is 1.07 bits per heavy atom. The van der Waals surface area contributed by atoms with Crippen LogP contribution in [0.3, 0.4) is 0 Å². The lowest BCUT2D eigenvalue weighted by atomic mass is 10.1. The van der Waals surface area contributed by atoms with Crippen molar-refractivity contribution in [3.05, 3.63) is 53.4 Å². The molecule has 0 aliphatic heterocycles. The van der Waals surface area contributed by atoms with Gasteiger partial charge in [0.1, 0.15) is 11.3 Å². The summed E-state index contributed by atoms with van der Waals surface area (Å²) >= 11 is 1.34. The molecule has 7 nitrogen and oxygen atoms in total. The van der Waals surface area contributed by atoms with Crippen molar-refractivity contribution in [1.29, 1.82) is 0 Å². The molecule has 0 aliphatic carbocycles. The number of methoxy groups -OCH3 is 3. The predicted octanol–water partition coefficient (Wildman–Crippen LogP) is 4.76. The Balaban J connectivity index is 1.48. The Bertz CT molecular complexity index is 1140. The maximum Gasteiger partial charge on any atom is 0.230 e. The van der Waals surface area contributed by atoms with Crippen LogP contribution in [0, 0.1) is 0 Å². The zero-order valence-electron chi connectivity index (χ0n) is 16.7. The molecule has 0 saturated carbocycles. The summed E-state index contributed by atoms with van der Waals surface area (Å²) in [6.45, 7) is 0. The zero-order valence-corrected chi connectivity index (χ0v) is 17.5. The van der Waals surface area contributed by atoms with E-state index in [4.69, 9.17) is 18.6 Å². The maximum atomic E-state index is 12.5. The quantitative estimate of drug-likeness (QED) is 0.460. The summed E-state index contributed by atoms with van der Waals surface area (Å²) in [5.41, 5.74) is 2.21. The van der Waals surface area contributed by atoms with Gasteiger partial charge in [-0.15, -0.1) is 11.3 Å². The first kappa shape index (κ1) is 19.8. The molecule has 0 bridgehead atoms. The van der Waals surface area contributed by atoms with Crippen LogP contribution in [0.2, 0.25) is 0 Å². The number of furan rings is 1. The van der Waals surface area contributed by atoms with E-state index in [1.807, 2.05) is 35.7 Å². The van der Waals surface area contributed by atoms with E-state index in [0.29, 0.717) is 33.8 Å². The van der Waals surface area contributed by atoms with Crippen LogP contribution in [-0.4, -0.2) is 32.2 Å². The number of hydrogen-bond donors (Lipinski definition) is 1. The van der Waals surface area contributed by atoms with E-state index in [0.717, 1.165) is 16.5 Å². The van der Waals surface area contributed by atoms with Gasteiger partial charge >= 0.3 is 0 Å². The van der Waals surface area contributed by atoms with Crippen molar-refractivity contribution >= 4 is 33.3 Å². The molecule has 1 N–H and O–H groups in total. The highest BCUT2D eigenvalue weighted by molar-refractivity contribution is 7.14. The number of thiazole rings is 1. The van der Waals surface area contributed by atoms with Crippen molar-refractivity contribution in [2.45, 2.75) is 6.42 Å². The lowest BCUT2D eigenvalue weighted by Crippen LogP contribution is -2.14. The van der Waals surface area contributed by atoms with E-state index in [-0.39, 0.29) is 12.3 Å². The average Bonchev–Trinajstić information content (AvgIpc) is 3.39. The Hall–Kier alpha value is -3.52. The van der Waals surface area contributed by atoms with Crippen molar-refractivity contribution in [2.24, 2.45) is 0 Å². The number of hydrogen-bond acceptors (Lipinski definition) is 7. The summed E-state index contributed by atoms with van der Waals surface area (Å²) in [6.07, 6.45) is 0.135. The second-order valence-corrected chi connectivity index (χ2v) is 7.30. The van der Waals surface area contributed by atoms with Gasteiger partial charge in [-0.3, -0.25) is 4.79 Å². The summed E-state index contributed by atoms with van der Waals surface area (Å²) in [5, 5.41) is 6.20. The van der Waals surface area contributed by atoms with Crippen LogP contribution in [0.4, 0.5) is 5.13 Å². The van der Waals surface area contributed by atoms with E-state index in [2.05, 4.69) is 10.3 Å². The van der Waals surface area contributed by atoms with E-state index < -0.39 is 0 Å². The minimum atomic E-state index is -0.199. The second kappa shape index (κ2) is 8.46. The first-order chi connectivity index (χ1) is 14.6. The van der Waals surface area contributed by atoms with Crippen molar-refractivity contribution in [2.75, 3.05) is 26.6 Å². The second-order valence-electron chi connectivity index (χ2n) is 6.44. The first-order valence-corrected chi connectivity index (χ1v) is 10.0. The lowest BCUT2D eigenvalue weighted by Gasteiger charge is -2.13. The minimum absolute atomic E-state index is 0.135. The van der Waals surface area contributed by atoms with E-state index in [1.54, 1.807) is 12.1 Å². The molecular weight excluding hydrogens is 404 g/mol. The van der Waals surface area contributed by atoms with Gasteiger partial charge in [-0.25, -0.2) is 4.98 Å². The molecule has 0 atom stereocenters. The molecule has 1 amide bonds. The van der Waals surface area contributed by atoms with E-state index in [9.17, 15) is 4.79 Å².